The van der Waals surface area contributed by atoms with Crippen molar-refractivity contribution >= 4 is 5.96 Å². The third-order valence-corrected chi connectivity index (χ3v) is 4.48. The summed E-state index contributed by atoms with van der Waals surface area (Å²) >= 11 is 0. The highest BCUT2D eigenvalue weighted by molar-refractivity contribution is 5.79. The van der Waals surface area contributed by atoms with E-state index in [4.69, 9.17) is 4.99 Å². The fourth-order valence-corrected chi connectivity index (χ4v) is 3.00. The number of rotatable bonds is 7. The molecule has 0 saturated heterocycles. The molecule has 0 bridgehead atoms. The van der Waals surface area contributed by atoms with Crippen molar-refractivity contribution in [1.82, 2.24) is 20.2 Å². The number of hydrogen-bond acceptors (Lipinski definition) is 3. The van der Waals surface area contributed by atoms with E-state index in [0.717, 1.165) is 40.7 Å². The first-order valence-corrected chi connectivity index (χ1v) is 9.47. The van der Waals surface area contributed by atoms with E-state index in [2.05, 4.69) is 27.4 Å². The van der Waals surface area contributed by atoms with Gasteiger partial charge < -0.3 is 20.3 Å². The van der Waals surface area contributed by atoms with Crippen molar-refractivity contribution in [2.24, 2.45) is 4.99 Å². The SMILES string of the molecule is CCNC(=NCc1ccccc1CO)N(C)Cc1ncc(-c2ccccc2)[nH]1. The van der Waals surface area contributed by atoms with Gasteiger partial charge in [0.2, 0.25) is 0 Å². The monoisotopic (exact) mass is 377 g/mol. The molecule has 146 valence electrons. The van der Waals surface area contributed by atoms with Gasteiger partial charge in [0.25, 0.3) is 0 Å². The van der Waals surface area contributed by atoms with Crippen molar-refractivity contribution in [3.63, 3.8) is 0 Å². The van der Waals surface area contributed by atoms with Gasteiger partial charge in [-0.05, 0) is 23.6 Å². The summed E-state index contributed by atoms with van der Waals surface area (Å²) in [6.07, 6.45) is 1.86. The lowest BCUT2D eigenvalue weighted by Crippen LogP contribution is -2.38. The molecular formula is C22H27N5O. The Labute approximate surface area is 166 Å². The Morgan fingerprint density at radius 2 is 1.82 bits per heavy atom. The number of aliphatic imine (C=N–C) groups is 1. The molecule has 0 amide bonds. The van der Waals surface area contributed by atoms with Gasteiger partial charge in [0.15, 0.2) is 5.96 Å². The Morgan fingerprint density at radius 3 is 2.54 bits per heavy atom. The van der Waals surface area contributed by atoms with Crippen LogP contribution in [0.2, 0.25) is 0 Å². The minimum Gasteiger partial charge on any atom is -0.392 e. The number of guanidine groups is 1. The molecule has 0 unspecified atom stereocenters. The lowest BCUT2D eigenvalue weighted by atomic mass is 10.1. The Hall–Kier alpha value is -3.12. The summed E-state index contributed by atoms with van der Waals surface area (Å²) in [5.74, 6) is 1.68. The molecule has 0 aliphatic carbocycles. The Balaban J connectivity index is 1.71. The first-order chi connectivity index (χ1) is 13.7. The van der Waals surface area contributed by atoms with E-state index in [1.165, 1.54) is 0 Å². The highest BCUT2D eigenvalue weighted by Gasteiger charge is 2.10. The zero-order valence-electron chi connectivity index (χ0n) is 16.4. The molecule has 6 nitrogen and oxygen atoms in total. The number of imidazole rings is 1. The largest absolute Gasteiger partial charge is 0.392 e. The summed E-state index contributed by atoms with van der Waals surface area (Å²) in [6.45, 7) is 3.97. The van der Waals surface area contributed by atoms with E-state index in [9.17, 15) is 5.11 Å². The second-order valence-corrected chi connectivity index (χ2v) is 6.56. The fourth-order valence-electron chi connectivity index (χ4n) is 3.00. The van der Waals surface area contributed by atoms with Crippen molar-refractivity contribution < 1.29 is 5.11 Å². The smallest absolute Gasteiger partial charge is 0.194 e. The number of aliphatic hydroxyl groups excluding tert-OH is 1. The van der Waals surface area contributed by atoms with Crippen LogP contribution in [-0.4, -0.2) is 39.5 Å². The number of hydrogen-bond donors (Lipinski definition) is 3. The van der Waals surface area contributed by atoms with E-state index in [-0.39, 0.29) is 6.61 Å². The number of aromatic nitrogens is 2. The lowest BCUT2D eigenvalue weighted by Gasteiger charge is -2.21. The Kier molecular flexibility index (Phi) is 6.81. The molecule has 2 aromatic carbocycles. The van der Waals surface area contributed by atoms with Crippen molar-refractivity contribution in [3.05, 3.63) is 77.7 Å². The molecule has 0 fully saturated rings. The van der Waals surface area contributed by atoms with Crippen LogP contribution in [0.4, 0.5) is 0 Å². The third kappa shape index (κ3) is 4.98. The minimum absolute atomic E-state index is 0.0206. The number of nitrogens with one attached hydrogen (secondary N) is 2. The molecule has 1 heterocycles. The number of aromatic amines is 1. The molecule has 0 aliphatic heterocycles. The van der Waals surface area contributed by atoms with Crippen LogP contribution in [0.15, 0.2) is 65.8 Å². The van der Waals surface area contributed by atoms with Gasteiger partial charge in [-0.1, -0.05) is 54.6 Å². The molecule has 3 aromatic rings. The average Bonchev–Trinajstić information content (AvgIpc) is 3.20. The van der Waals surface area contributed by atoms with Crippen LogP contribution < -0.4 is 5.32 Å². The van der Waals surface area contributed by atoms with Gasteiger partial charge in [-0.3, -0.25) is 0 Å². The summed E-state index contributed by atoms with van der Waals surface area (Å²) in [5.41, 5.74) is 4.05. The quantitative estimate of drug-likeness (QED) is 0.437. The molecule has 1 aromatic heterocycles. The topological polar surface area (TPSA) is 76.5 Å². The van der Waals surface area contributed by atoms with E-state index in [1.54, 1.807) is 0 Å². The summed E-state index contributed by atoms with van der Waals surface area (Å²) < 4.78 is 0. The van der Waals surface area contributed by atoms with Gasteiger partial charge in [0, 0.05) is 13.6 Å². The number of H-pyrrole nitrogens is 1. The van der Waals surface area contributed by atoms with Crippen LogP contribution in [0.25, 0.3) is 11.3 Å². The highest BCUT2D eigenvalue weighted by atomic mass is 16.3. The predicted octanol–water partition coefficient (Wildman–Crippen LogP) is 3.17. The molecule has 0 radical (unpaired) electrons. The van der Waals surface area contributed by atoms with E-state index < -0.39 is 0 Å². The van der Waals surface area contributed by atoms with Crippen LogP contribution in [0, 0.1) is 0 Å². The molecule has 3 rings (SSSR count). The first-order valence-electron chi connectivity index (χ1n) is 9.47. The first kappa shape index (κ1) is 19.6. The maximum atomic E-state index is 9.50. The zero-order chi connectivity index (χ0) is 19.8. The van der Waals surface area contributed by atoms with Gasteiger partial charge in [0.1, 0.15) is 5.82 Å². The average molecular weight is 377 g/mol. The van der Waals surface area contributed by atoms with Crippen molar-refractivity contribution in [2.75, 3.05) is 13.6 Å². The second-order valence-electron chi connectivity index (χ2n) is 6.56. The van der Waals surface area contributed by atoms with Gasteiger partial charge in [-0.25, -0.2) is 9.98 Å². The van der Waals surface area contributed by atoms with E-state index >= 15 is 0 Å². The van der Waals surface area contributed by atoms with Gasteiger partial charge in [0.05, 0.1) is 31.6 Å². The molecular weight excluding hydrogens is 350 g/mol. The maximum absolute atomic E-state index is 9.50. The van der Waals surface area contributed by atoms with Crippen LogP contribution in [-0.2, 0) is 19.7 Å². The normalized spacial score (nSPS) is 11.5. The number of nitrogens with zero attached hydrogens (tertiary/aromatic N) is 3. The van der Waals surface area contributed by atoms with Gasteiger partial charge in [-0.15, -0.1) is 0 Å². The van der Waals surface area contributed by atoms with Crippen molar-refractivity contribution in [3.8, 4) is 11.3 Å². The predicted molar refractivity (Wildman–Crippen MR) is 113 cm³/mol. The molecule has 6 heteroatoms. The van der Waals surface area contributed by atoms with Crippen molar-refractivity contribution in [2.45, 2.75) is 26.6 Å². The molecule has 0 aliphatic rings. The minimum atomic E-state index is 0.0206. The molecule has 0 saturated carbocycles. The Bertz CT molecular complexity index is 904. The summed E-state index contributed by atoms with van der Waals surface area (Å²) in [7, 11) is 1.99. The van der Waals surface area contributed by atoms with Crippen LogP contribution in [0.1, 0.15) is 23.9 Å². The van der Waals surface area contributed by atoms with E-state index in [1.807, 2.05) is 67.5 Å². The third-order valence-electron chi connectivity index (χ3n) is 4.48. The Morgan fingerprint density at radius 1 is 1.11 bits per heavy atom. The summed E-state index contributed by atoms with van der Waals surface area (Å²) in [4.78, 5) is 14.7. The van der Waals surface area contributed by atoms with Gasteiger partial charge >= 0.3 is 0 Å². The summed E-state index contributed by atoms with van der Waals surface area (Å²) in [6, 6.07) is 18.0. The molecule has 3 N–H and O–H groups in total. The highest BCUT2D eigenvalue weighted by Crippen LogP contribution is 2.16. The summed E-state index contributed by atoms with van der Waals surface area (Å²) in [5, 5.41) is 12.8. The van der Waals surface area contributed by atoms with Crippen LogP contribution in [0.5, 0.6) is 0 Å². The standard InChI is InChI=1S/C22H27N5O/c1-3-23-22(25-13-18-11-7-8-12-19(18)16-28)27(2)15-21-24-14-20(26-21)17-9-5-4-6-10-17/h4-12,14,28H,3,13,15-16H2,1-2H3,(H,23,25)(H,24,26). The van der Waals surface area contributed by atoms with Crippen LogP contribution >= 0.6 is 0 Å². The number of benzene rings is 2. The molecule has 28 heavy (non-hydrogen) atoms. The maximum Gasteiger partial charge on any atom is 0.194 e. The van der Waals surface area contributed by atoms with Crippen molar-refractivity contribution in [1.29, 1.82) is 0 Å². The van der Waals surface area contributed by atoms with Crippen LogP contribution in [0.3, 0.4) is 0 Å². The zero-order valence-corrected chi connectivity index (χ0v) is 16.4. The molecule has 0 spiro atoms. The second kappa shape index (κ2) is 9.71. The van der Waals surface area contributed by atoms with Gasteiger partial charge in [-0.2, -0.15) is 0 Å². The molecule has 0 atom stereocenters. The lowest BCUT2D eigenvalue weighted by molar-refractivity contribution is 0.280. The van der Waals surface area contributed by atoms with E-state index in [0.29, 0.717) is 13.1 Å². The number of aliphatic hydroxyl groups is 1. The fraction of sp³-hybridized carbons (Fsp3) is 0.273.